The Balaban J connectivity index is 1.12. The molecule has 1 aliphatic carbocycles. The summed E-state index contributed by atoms with van der Waals surface area (Å²) in [5, 5.41) is 0. The second-order valence-electron chi connectivity index (χ2n) is 13.7. The van der Waals surface area contributed by atoms with Gasteiger partial charge in [0.1, 0.15) is 5.75 Å². The summed E-state index contributed by atoms with van der Waals surface area (Å²) < 4.78 is 5.87. The second kappa shape index (κ2) is 21.6. The molecule has 0 heterocycles. The van der Waals surface area contributed by atoms with Gasteiger partial charge in [-0.1, -0.05) is 141 Å². The number of fused-ring (bicyclic) bond motifs is 3. The van der Waals surface area contributed by atoms with Crippen LogP contribution in [0, 0.1) is 0 Å². The van der Waals surface area contributed by atoms with Crippen LogP contribution in [0.15, 0.2) is 65.7 Å². The molecule has 0 aromatic heterocycles. The summed E-state index contributed by atoms with van der Waals surface area (Å²) in [5.74, 6) is 1.21. The number of benzene rings is 3. The number of carbonyl (C=O) groups is 1. The summed E-state index contributed by atoms with van der Waals surface area (Å²) in [6.45, 7) is 5.29. The van der Waals surface area contributed by atoms with Crippen LogP contribution in [0.1, 0.15) is 169 Å². The van der Waals surface area contributed by atoms with E-state index in [1.54, 1.807) is 0 Å². The molecule has 0 radical (unpaired) electrons. The molecule has 3 heteroatoms. The van der Waals surface area contributed by atoms with Gasteiger partial charge in [-0.15, -0.1) is 0 Å². The number of ether oxygens (including phenoxy) is 1. The molecule has 3 nitrogen and oxygen atoms in total. The molecule has 0 saturated carbocycles. The average molecular weight is 636 g/mol. The third-order valence-corrected chi connectivity index (χ3v) is 9.70. The molecule has 47 heavy (non-hydrogen) atoms. The van der Waals surface area contributed by atoms with Crippen molar-refractivity contribution in [2.75, 3.05) is 6.61 Å². The number of carbonyl (C=O) groups excluding carboxylic acids is 1. The summed E-state index contributed by atoms with van der Waals surface area (Å²) >= 11 is 0. The van der Waals surface area contributed by atoms with E-state index in [9.17, 15) is 4.79 Å². The van der Waals surface area contributed by atoms with Crippen LogP contribution in [0.5, 0.6) is 5.75 Å². The number of hydrogen-bond donors (Lipinski definition) is 0. The molecular formula is C44H61NO2. The maximum absolute atomic E-state index is 13.0. The Bertz CT molecular complexity index is 1360. The molecule has 4 rings (SSSR count). The number of aliphatic imine (C=N–C) groups is 1. The van der Waals surface area contributed by atoms with Crippen molar-refractivity contribution < 1.29 is 9.53 Å². The Kier molecular flexibility index (Phi) is 16.9. The Morgan fingerprint density at radius 1 is 0.617 bits per heavy atom. The van der Waals surface area contributed by atoms with E-state index in [1.165, 1.54) is 131 Å². The highest BCUT2D eigenvalue weighted by Gasteiger charge is 2.20. The van der Waals surface area contributed by atoms with E-state index in [0.29, 0.717) is 6.42 Å². The van der Waals surface area contributed by atoms with E-state index < -0.39 is 0 Å². The largest absolute Gasteiger partial charge is 0.494 e. The van der Waals surface area contributed by atoms with Crippen molar-refractivity contribution >= 4 is 17.7 Å². The molecular weight excluding hydrogens is 574 g/mol. The third kappa shape index (κ3) is 13.1. The highest BCUT2D eigenvalue weighted by atomic mass is 16.5. The maximum atomic E-state index is 13.0. The van der Waals surface area contributed by atoms with Crippen molar-refractivity contribution in [1.82, 2.24) is 0 Å². The molecule has 0 N–H and O–H groups in total. The minimum atomic E-state index is 0.289. The van der Waals surface area contributed by atoms with Gasteiger partial charge < -0.3 is 4.74 Å². The Morgan fingerprint density at radius 2 is 1.15 bits per heavy atom. The molecule has 0 saturated heterocycles. The van der Waals surface area contributed by atoms with Gasteiger partial charge in [0.15, 0.2) is 5.78 Å². The molecule has 0 fully saturated rings. The smallest absolute Gasteiger partial charge is 0.162 e. The minimum Gasteiger partial charge on any atom is -0.494 e. The molecule has 1 aliphatic rings. The van der Waals surface area contributed by atoms with Crippen LogP contribution in [0.3, 0.4) is 0 Å². The van der Waals surface area contributed by atoms with Crippen LogP contribution >= 0.6 is 0 Å². The van der Waals surface area contributed by atoms with Crippen molar-refractivity contribution in [2.45, 2.75) is 149 Å². The number of nitrogens with zero attached hydrogens (tertiary/aromatic N) is 1. The second-order valence-corrected chi connectivity index (χ2v) is 13.7. The predicted molar refractivity (Wildman–Crippen MR) is 202 cm³/mol. The number of Topliss-reactive ketones (excluding diaryl/α,β-unsaturated/α-hetero) is 1. The zero-order valence-electron chi connectivity index (χ0n) is 29.7. The molecule has 254 valence electrons. The Hall–Kier alpha value is -3.20. The first-order valence-electron chi connectivity index (χ1n) is 19.2. The zero-order chi connectivity index (χ0) is 32.9. The van der Waals surface area contributed by atoms with Crippen molar-refractivity contribution in [3.8, 4) is 16.9 Å². The lowest BCUT2D eigenvalue weighted by atomic mass is 9.98. The summed E-state index contributed by atoms with van der Waals surface area (Å²) in [4.78, 5) is 17.8. The highest BCUT2D eigenvalue weighted by molar-refractivity contribution is 5.97. The Morgan fingerprint density at radius 3 is 1.77 bits per heavy atom. The normalized spacial score (nSPS) is 12.0. The molecule has 3 aromatic carbocycles. The quantitative estimate of drug-likeness (QED) is 0.0413. The van der Waals surface area contributed by atoms with Gasteiger partial charge in [-0.25, -0.2) is 0 Å². The van der Waals surface area contributed by atoms with Crippen molar-refractivity contribution in [1.29, 1.82) is 0 Å². The molecule has 0 amide bonds. The zero-order valence-corrected chi connectivity index (χ0v) is 29.7. The first-order chi connectivity index (χ1) is 23.2. The van der Waals surface area contributed by atoms with Crippen LogP contribution in [0.2, 0.25) is 0 Å². The minimum absolute atomic E-state index is 0.289. The first kappa shape index (κ1) is 36.6. The van der Waals surface area contributed by atoms with E-state index in [2.05, 4.69) is 56.3 Å². The Labute approximate surface area is 286 Å². The van der Waals surface area contributed by atoms with Crippen LogP contribution in [0.4, 0.5) is 5.69 Å². The number of rotatable bonds is 25. The van der Waals surface area contributed by atoms with Gasteiger partial charge in [0.2, 0.25) is 0 Å². The number of unbranched alkanes of at least 4 members (excludes halogenated alkanes) is 17. The van der Waals surface area contributed by atoms with Crippen molar-refractivity contribution in [3.63, 3.8) is 0 Å². The van der Waals surface area contributed by atoms with Gasteiger partial charge in [0, 0.05) is 18.2 Å². The topological polar surface area (TPSA) is 38.7 Å². The van der Waals surface area contributed by atoms with Crippen molar-refractivity contribution in [3.05, 3.63) is 82.9 Å². The first-order valence-corrected chi connectivity index (χ1v) is 19.2. The van der Waals surface area contributed by atoms with Crippen LogP contribution < -0.4 is 4.74 Å². The maximum Gasteiger partial charge on any atom is 0.162 e. The van der Waals surface area contributed by atoms with Crippen LogP contribution in [-0.2, 0) is 6.42 Å². The fourth-order valence-corrected chi connectivity index (χ4v) is 6.77. The SMILES string of the molecule is CCCCCCCCCCCCCCCCCC(=O)c1ccc2c(c1)Cc1cc(N=Cc3ccc(OCCCCCC)cc3)ccc1-2. The fourth-order valence-electron chi connectivity index (χ4n) is 6.77. The number of ketones is 1. The van der Waals surface area contributed by atoms with Gasteiger partial charge in [0.25, 0.3) is 0 Å². The number of hydrogen-bond acceptors (Lipinski definition) is 3. The van der Waals surface area contributed by atoms with E-state index in [4.69, 9.17) is 9.73 Å². The monoisotopic (exact) mass is 635 g/mol. The van der Waals surface area contributed by atoms with Gasteiger partial charge in [-0.05, 0) is 89.5 Å². The van der Waals surface area contributed by atoms with Gasteiger partial charge in [-0.2, -0.15) is 0 Å². The lowest BCUT2D eigenvalue weighted by Gasteiger charge is -2.06. The average Bonchev–Trinajstić information content (AvgIpc) is 3.46. The molecule has 3 aromatic rings. The van der Waals surface area contributed by atoms with E-state index in [1.807, 2.05) is 24.4 Å². The van der Waals surface area contributed by atoms with Crippen LogP contribution in [0.25, 0.3) is 11.1 Å². The standard InChI is InChI=1S/C44H61NO2/c1-3-5-7-9-10-11-12-13-14-15-16-17-18-19-20-22-44(46)37-25-29-42-38(32-37)33-39-34-40(26-30-43(39)42)45-35-36-23-27-41(28-24-36)47-31-21-8-6-4-2/h23-30,32,34-35H,3-22,31,33H2,1-2H3. The summed E-state index contributed by atoms with van der Waals surface area (Å²) in [6.07, 6.45) is 28.5. The summed E-state index contributed by atoms with van der Waals surface area (Å²) in [6, 6.07) is 21.0. The molecule has 0 atom stereocenters. The fraction of sp³-hybridized carbons (Fsp3) is 0.545. The third-order valence-electron chi connectivity index (χ3n) is 9.70. The lowest BCUT2D eigenvalue weighted by Crippen LogP contribution is -2.00. The summed E-state index contributed by atoms with van der Waals surface area (Å²) in [5.41, 5.74) is 7.95. The molecule has 0 bridgehead atoms. The predicted octanol–water partition coefficient (Wildman–Crippen LogP) is 13.4. The van der Waals surface area contributed by atoms with E-state index in [0.717, 1.165) is 48.4 Å². The van der Waals surface area contributed by atoms with Gasteiger partial charge in [-0.3, -0.25) is 9.79 Å². The van der Waals surface area contributed by atoms with E-state index >= 15 is 0 Å². The molecule has 0 spiro atoms. The summed E-state index contributed by atoms with van der Waals surface area (Å²) in [7, 11) is 0. The van der Waals surface area contributed by atoms with Gasteiger partial charge in [0.05, 0.1) is 12.3 Å². The highest BCUT2D eigenvalue weighted by Crippen LogP contribution is 2.39. The molecule has 0 aliphatic heterocycles. The molecule has 0 unspecified atom stereocenters. The van der Waals surface area contributed by atoms with Crippen molar-refractivity contribution in [2.24, 2.45) is 4.99 Å². The van der Waals surface area contributed by atoms with E-state index in [-0.39, 0.29) is 5.78 Å². The lowest BCUT2D eigenvalue weighted by molar-refractivity contribution is 0.0979. The van der Waals surface area contributed by atoms with Crippen LogP contribution in [-0.4, -0.2) is 18.6 Å². The van der Waals surface area contributed by atoms with Gasteiger partial charge >= 0.3 is 0 Å².